The van der Waals surface area contributed by atoms with Crippen molar-refractivity contribution in [2.75, 3.05) is 32.8 Å². The van der Waals surface area contributed by atoms with Crippen molar-refractivity contribution >= 4 is 17.8 Å². The Bertz CT molecular complexity index is 900. The van der Waals surface area contributed by atoms with Crippen molar-refractivity contribution in [2.45, 2.75) is 50.7 Å². The van der Waals surface area contributed by atoms with Crippen molar-refractivity contribution in [1.29, 1.82) is 0 Å². The highest BCUT2D eigenvalue weighted by atomic mass is 19.4. The van der Waals surface area contributed by atoms with Gasteiger partial charge in [-0.2, -0.15) is 26.3 Å². The Labute approximate surface area is 214 Å². The van der Waals surface area contributed by atoms with Crippen LogP contribution in [-0.2, 0) is 25.7 Å². The highest BCUT2D eigenvalue weighted by Gasteiger charge is 2.43. The predicted molar refractivity (Wildman–Crippen MR) is 119 cm³/mol. The molecule has 0 saturated carbocycles. The molecule has 0 spiro atoms. The molecule has 0 aliphatic carbocycles. The number of carboxylic acid groups (broad SMARTS) is 2. The highest BCUT2D eigenvalue weighted by molar-refractivity contribution is 5.79. The summed E-state index contributed by atoms with van der Waals surface area (Å²) in [5.41, 5.74) is 1.11. The standard InChI is InChI=1S/C19H27N3O2.2C2HF3O2/c23-19(22-9-3-4-10-22)16-7-12-24-18-6-11-21(14-17(16)18)13-15-5-1-2-8-20-15;2*3-2(4,5)1(6)7/h1-2,5,8,16-18H,3-4,6-7,9-14H2;2*(H,6,7)/t16-,17+,18-;;/m1../s1. The molecule has 15 heteroatoms. The number of ether oxygens (including phenoxy) is 1. The van der Waals surface area contributed by atoms with Gasteiger partial charge in [-0.3, -0.25) is 14.7 Å². The average molecular weight is 557 g/mol. The molecule has 0 aromatic carbocycles. The third-order valence-electron chi connectivity index (χ3n) is 6.29. The summed E-state index contributed by atoms with van der Waals surface area (Å²) in [6, 6.07) is 6.07. The Hall–Kier alpha value is -2.94. The topological polar surface area (TPSA) is 120 Å². The largest absolute Gasteiger partial charge is 0.490 e. The summed E-state index contributed by atoms with van der Waals surface area (Å²) in [5, 5.41) is 14.2. The molecule has 4 heterocycles. The molecule has 0 radical (unpaired) electrons. The van der Waals surface area contributed by atoms with Gasteiger partial charge in [-0.15, -0.1) is 0 Å². The summed E-state index contributed by atoms with van der Waals surface area (Å²) >= 11 is 0. The molecule has 1 aromatic rings. The molecule has 3 fully saturated rings. The number of carbonyl (C=O) groups excluding carboxylic acids is 1. The minimum Gasteiger partial charge on any atom is -0.475 e. The Morgan fingerprint density at radius 2 is 1.53 bits per heavy atom. The van der Waals surface area contributed by atoms with Crippen LogP contribution in [0.3, 0.4) is 0 Å². The van der Waals surface area contributed by atoms with Gasteiger partial charge < -0.3 is 19.8 Å². The zero-order valence-corrected chi connectivity index (χ0v) is 20.2. The second-order valence-electron chi connectivity index (χ2n) is 8.95. The van der Waals surface area contributed by atoms with E-state index in [0.29, 0.717) is 11.8 Å². The molecular weight excluding hydrogens is 528 g/mol. The van der Waals surface area contributed by atoms with E-state index >= 15 is 0 Å². The van der Waals surface area contributed by atoms with E-state index in [0.717, 1.165) is 70.7 Å². The van der Waals surface area contributed by atoms with Crippen molar-refractivity contribution in [3.05, 3.63) is 30.1 Å². The van der Waals surface area contributed by atoms with Gasteiger partial charge in [-0.05, 0) is 37.8 Å². The van der Waals surface area contributed by atoms with Gasteiger partial charge in [0.25, 0.3) is 0 Å². The molecule has 0 unspecified atom stereocenters. The lowest BCUT2D eigenvalue weighted by atomic mass is 9.78. The van der Waals surface area contributed by atoms with E-state index in [2.05, 4.69) is 20.9 Å². The summed E-state index contributed by atoms with van der Waals surface area (Å²) in [7, 11) is 0. The van der Waals surface area contributed by atoms with Gasteiger partial charge in [-0.25, -0.2) is 9.59 Å². The number of pyridine rings is 1. The lowest BCUT2D eigenvalue weighted by Gasteiger charge is -2.45. The first-order valence-corrected chi connectivity index (χ1v) is 11.8. The predicted octanol–water partition coefficient (Wildman–Crippen LogP) is 3.20. The Morgan fingerprint density at radius 3 is 2.03 bits per heavy atom. The molecule has 2 N–H and O–H groups in total. The Kier molecular flexibility index (Phi) is 11.3. The van der Waals surface area contributed by atoms with Crippen LogP contribution in [-0.4, -0.2) is 94.1 Å². The van der Waals surface area contributed by atoms with Gasteiger partial charge >= 0.3 is 24.3 Å². The number of aliphatic carboxylic acids is 2. The molecule has 3 aliphatic rings. The van der Waals surface area contributed by atoms with Gasteiger partial charge in [0.05, 0.1) is 11.8 Å². The summed E-state index contributed by atoms with van der Waals surface area (Å²) in [5.74, 6) is -4.65. The van der Waals surface area contributed by atoms with Crippen LogP contribution in [0.1, 0.15) is 31.4 Å². The summed E-state index contributed by atoms with van der Waals surface area (Å²) in [6.45, 7) is 5.49. The fourth-order valence-corrected chi connectivity index (χ4v) is 4.53. The molecule has 1 amide bonds. The minimum atomic E-state index is -5.08. The van der Waals surface area contributed by atoms with E-state index < -0.39 is 24.3 Å². The summed E-state index contributed by atoms with van der Waals surface area (Å²) in [4.78, 5) is 39.7. The van der Waals surface area contributed by atoms with Crippen LogP contribution in [0.2, 0.25) is 0 Å². The number of aromatic nitrogens is 1. The number of hydrogen-bond donors (Lipinski definition) is 2. The number of carboxylic acids is 2. The minimum absolute atomic E-state index is 0.147. The van der Waals surface area contributed by atoms with Crippen LogP contribution >= 0.6 is 0 Å². The number of carbonyl (C=O) groups is 3. The zero-order chi connectivity index (χ0) is 28.5. The number of halogens is 6. The van der Waals surface area contributed by atoms with Crippen LogP contribution in [0.5, 0.6) is 0 Å². The van der Waals surface area contributed by atoms with Crippen LogP contribution in [0, 0.1) is 11.8 Å². The van der Waals surface area contributed by atoms with Gasteiger partial charge in [-0.1, -0.05) is 6.07 Å². The quantitative estimate of drug-likeness (QED) is 0.544. The summed E-state index contributed by atoms with van der Waals surface area (Å²) in [6.07, 6.45) is -3.82. The number of nitrogens with zero attached hydrogens (tertiary/aromatic N) is 3. The van der Waals surface area contributed by atoms with E-state index in [1.807, 2.05) is 18.3 Å². The van der Waals surface area contributed by atoms with E-state index in [1.54, 1.807) is 0 Å². The zero-order valence-electron chi connectivity index (χ0n) is 20.2. The first-order chi connectivity index (χ1) is 17.7. The maximum Gasteiger partial charge on any atom is 0.490 e. The van der Waals surface area contributed by atoms with Crippen molar-refractivity contribution in [3.8, 4) is 0 Å². The molecular formula is C23H29F6N3O6. The second-order valence-corrected chi connectivity index (χ2v) is 8.95. The third-order valence-corrected chi connectivity index (χ3v) is 6.29. The number of amides is 1. The first kappa shape index (κ1) is 31.3. The Balaban J connectivity index is 0.000000301. The SMILES string of the molecule is O=C(O)C(F)(F)F.O=C(O)C(F)(F)F.O=C([C@@H]1CCO[C@@H]2CCN(Cc3ccccn3)C[C@H]21)N1CCCC1. The lowest BCUT2D eigenvalue weighted by Crippen LogP contribution is -2.53. The van der Waals surface area contributed by atoms with Crippen LogP contribution < -0.4 is 0 Å². The normalized spacial score (nSPS) is 23.7. The number of piperidine rings is 1. The van der Waals surface area contributed by atoms with E-state index in [4.69, 9.17) is 24.5 Å². The van der Waals surface area contributed by atoms with E-state index in [1.165, 1.54) is 0 Å². The van der Waals surface area contributed by atoms with E-state index in [-0.39, 0.29) is 12.0 Å². The lowest BCUT2D eigenvalue weighted by molar-refractivity contribution is -0.193. The number of likely N-dealkylation sites (tertiary alicyclic amines) is 2. The number of fused-ring (bicyclic) bond motifs is 1. The molecule has 4 rings (SSSR count). The van der Waals surface area contributed by atoms with Crippen molar-refractivity contribution in [3.63, 3.8) is 0 Å². The third kappa shape index (κ3) is 9.74. The maximum atomic E-state index is 13.0. The monoisotopic (exact) mass is 557 g/mol. The number of alkyl halides is 6. The van der Waals surface area contributed by atoms with Crippen molar-refractivity contribution in [1.82, 2.24) is 14.8 Å². The molecule has 0 bridgehead atoms. The maximum absolute atomic E-state index is 13.0. The molecule has 38 heavy (non-hydrogen) atoms. The van der Waals surface area contributed by atoms with Gasteiger partial charge in [0.1, 0.15) is 0 Å². The van der Waals surface area contributed by atoms with Gasteiger partial charge in [0.2, 0.25) is 5.91 Å². The number of hydrogen-bond acceptors (Lipinski definition) is 6. The fourth-order valence-electron chi connectivity index (χ4n) is 4.53. The Morgan fingerprint density at radius 1 is 0.947 bits per heavy atom. The fraction of sp³-hybridized carbons (Fsp3) is 0.652. The average Bonchev–Trinajstić information content (AvgIpc) is 3.39. The van der Waals surface area contributed by atoms with Gasteiger partial charge in [0, 0.05) is 57.4 Å². The smallest absolute Gasteiger partial charge is 0.475 e. The van der Waals surface area contributed by atoms with Crippen LogP contribution in [0.4, 0.5) is 26.3 Å². The van der Waals surface area contributed by atoms with Crippen molar-refractivity contribution < 1.29 is 55.7 Å². The first-order valence-electron chi connectivity index (χ1n) is 11.8. The molecule has 3 saturated heterocycles. The van der Waals surface area contributed by atoms with Crippen LogP contribution in [0.25, 0.3) is 0 Å². The summed E-state index contributed by atoms with van der Waals surface area (Å²) < 4.78 is 69.5. The highest BCUT2D eigenvalue weighted by Crippen LogP contribution is 2.35. The van der Waals surface area contributed by atoms with Crippen LogP contribution in [0.15, 0.2) is 24.4 Å². The molecule has 3 atom stereocenters. The molecule has 1 aromatic heterocycles. The molecule has 214 valence electrons. The molecule has 3 aliphatic heterocycles. The second kappa shape index (κ2) is 13.7. The van der Waals surface area contributed by atoms with Crippen molar-refractivity contribution in [2.24, 2.45) is 11.8 Å². The van der Waals surface area contributed by atoms with E-state index in [9.17, 15) is 31.1 Å². The van der Waals surface area contributed by atoms with Gasteiger partial charge in [0.15, 0.2) is 0 Å². The number of rotatable bonds is 3. The molecule has 9 nitrogen and oxygen atoms in total.